The van der Waals surface area contributed by atoms with Gasteiger partial charge in [0, 0.05) is 23.6 Å². The van der Waals surface area contributed by atoms with E-state index in [0.717, 1.165) is 37.7 Å². The number of benzene rings is 1. The number of hydrogen-bond acceptors (Lipinski definition) is 2. The fraction of sp³-hybridized carbons (Fsp3) is 0.529. The molecule has 1 aliphatic heterocycles. The van der Waals surface area contributed by atoms with Gasteiger partial charge in [-0.15, -0.1) is 0 Å². The van der Waals surface area contributed by atoms with Crippen LogP contribution < -0.4 is 5.32 Å². The molecule has 1 unspecified atom stereocenters. The molecule has 1 aromatic rings. The van der Waals surface area contributed by atoms with Crippen molar-refractivity contribution in [2.24, 2.45) is 5.92 Å². The minimum absolute atomic E-state index is 0.0532. The van der Waals surface area contributed by atoms with Gasteiger partial charge >= 0.3 is 0 Å². The predicted octanol–water partition coefficient (Wildman–Crippen LogP) is 3.37. The fourth-order valence-electron chi connectivity index (χ4n) is 2.77. The molecule has 2 rings (SSSR count). The molecule has 1 aliphatic rings. The second kappa shape index (κ2) is 6.69. The van der Waals surface area contributed by atoms with Crippen LogP contribution in [0.15, 0.2) is 18.2 Å². The zero-order valence-corrected chi connectivity index (χ0v) is 12.4. The van der Waals surface area contributed by atoms with Crippen molar-refractivity contribution in [3.63, 3.8) is 0 Å². The largest absolute Gasteiger partial charge is 0.352 e. The molecule has 0 radical (unpaired) electrons. The number of carbonyl (C=O) groups is 2. The third-order valence-electron chi connectivity index (χ3n) is 4.09. The summed E-state index contributed by atoms with van der Waals surface area (Å²) in [6.45, 7) is 4.89. The standard InChI is InChI=1S/C17H23NO2/c1-3-5-6-12(4-2)16(19)14-8-7-13-9-10-18-17(20)15(13)11-14/h7-8,11-12H,3-6,9-10H2,1-2H3,(H,18,20). The van der Waals surface area contributed by atoms with E-state index in [2.05, 4.69) is 19.2 Å². The van der Waals surface area contributed by atoms with Crippen LogP contribution in [0.5, 0.6) is 0 Å². The van der Waals surface area contributed by atoms with Crippen LogP contribution in [0.4, 0.5) is 0 Å². The molecule has 3 nitrogen and oxygen atoms in total. The summed E-state index contributed by atoms with van der Waals surface area (Å²) in [5.74, 6) is 0.212. The van der Waals surface area contributed by atoms with Crippen LogP contribution in [0.25, 0.3) is 0 Å². The van der Waals surface area contributed by atoms with Crippen molar-refractivity contribution in [2.45, 2.75) is 46.0 Å². The van der Waals surface area contributed by atoms with Gasteiger partial charge in [-0.1, -0.05) is 38.8 Å². The summed E-state index contributed by atoms with van der Waals surface area (Å²) in [6.07, 6.45) is 4.84. The van der Waals surface area contributed by atoms with Crippen LogP contribution in [0.2, 0.25) is 0 Å². The van der Waals surface area contributed by atoms with E-state index in [4.69, 9.17) is 0 Å². The normalized spacial score (nSPS) is 15.4. The highest BCUT2D eigenvalue weighted by molar-refractivity contribution is 6.02. The molecule has 1 heterocycles. The lowest BCUT2D eigenvalue weighted by molar-refractivity contribution is 0.0908. The minimum atomic E-state index is -0.0532. The predicted molar refractivity (Wildman–Crippen MR) is 80.1 cm³/mol. The van der Waals surface area contributed by atoms with Gasteiger partial charge < -0.3 is 5.32 Å². The van der Waals surface area contributed by atoms with Crippen LogP contribution in [0, 0.1) is 5.92 Å². The third kappa shape index (κ3) is 3.09. The molecular weight excluding hydrogens is 250 g/mol. The molecule has 1 atom stereocenters. The Hall–Kier alpha value is -1.64. The van der Waals surface area contributed by atoms with Gasteiger partial charge in [0.1, 0.15) is 0 Å². The maximum atomic E-state index is 12.5. The van der Waals surface area contributed by atoms with Gasteiger partial charge in [0.2, 0.25) is 0 Å². The number of Topliss-reactive ketones (excluding diaryl/α,β-unsaturated/α-hetero) is 1. The Labute approximate surface area is 120 Å². The quantitative estimate of drug-likeness (QED) is 0.808. The van der Waals surface area contributed by atoms with Crippen LogP contribution >= 0.6 is 0 Å². The number of carbonyl (C=O) groups excluding carboxylic acids is 2. The van der Waals surface area contributed by atoms with E-state index in [1.807, 2.05) is 12.1 Å². The summed E-state index contributed by atoms with van der Waals surface area (Å²) >= 11 is 0. The van der Waals surface area contributed by atoms with Crippen molar-refractivity contribution >= 4 is 11.7 Å². The molecular formula is C17H23NO2. The Morgan fingerprint density at radius 2 is 2.15 bits per heavy atom. The highest BCUT2D eigenvalue weighted by Gasteiger charge is 2.22. The summed E-state index contributed by atoms with van der Waals surface area (Å²) in [5.41, 5.74) is 2.41. The van der Waals surface area contributed by atoms with Crippen molar-refractivity contribution in [1.82, 2.24) is 5.32 Å². The highest BCUT2D eigenvalue weighted by atomic mass is 16.1. The number of rotatable bonds is 6. The van der Waals surface area contributed by atoms with E-state index in [9.17, 15) is 9.59 Å². The van der Waals surface area contributed by atoms with Crippen LogP contribution in [-0.2, 0) is 6.42 Å². The monoisotopic (exact) mass is 273 g/mol. The Morgan fingerprint density at radius 1 is 1.35 bits per heavy atom. The summed E-state index contributed by atoms with van der Waals surface area (Å²) in [7, 11) is 0. The number of fused-ring (bicyclic) bond motifs is 1. The van der Waals surface area contributed by atoms with Gasteiger partial charge in [-0.25, -0.2) is 0 Å². The molecule has 0 saturated carbocycles. The van der Waals surface area contributed by atoms with Gasteiger partial charge in [0.05, 0.1) is 0 Å². The molecule has 0 fully saturated rings. The molecule has 1 aromatic carbocycles. The Balaban J connectivity index is 2.21. The molecule has 1 N–H and O–H groups in total. The maximum absolute atomic E-state index is 12.5. The summed E-state index contributed by atoms with van der Waals surface area (Å²) < 4.78 is 0. The van der Waals surface area contributed by atoms with Crippen LogP contribution in [0.1, 0.15) is 65.8 Å². The Bertz CT molecular complexity index is 508. The fourth-order valence-corrected chi connectivity index (χ4v) is 2.77. The Morgan fingerprint density at radius 3 is 2.85 bits per heavy atom. The smallest absolute Gasteiger partial charge is 0.251 e. The first kappa shape index (κ1) is 14.8. The number of hydrogen-bond donors (Lipinski definition) is 1. The topological polar surface area (TPSA) is 46.2 Å². The molecule has 0 aromatic heterocycles. The minimum Gasteiger partial charge on any atom is -0.352 e. The maximum Gasteiger partial charge on any atom is 0.251 e. The number of nitrogens with one attached hydrogen (secondary N) is 1. The molecule has 0 bridgehead atoms. The zero-order valence-electron chi connectivity index (χ0n) is 12.4. The van der Waals surface area contributed by atoms with E-state index in [-0.39, 0.29) is 17.6 Å². The van der Waals surface area contributed by atoms with Crippen molar-refractivity contribution in [3.05, 3.63) is 34.9 Å². The van der Waals surface area contributed by atoms with E-state index in [1.54, 1.807) is 6.07 Å². The van der Waals surface area contributed by atoms with Crippen LogP contribution in [0.3, 0.4) is 0 Å². The first-order valence-corrected chi connectivity index (χ1v) is 7.62. The molecule has 0 aliphatic carbocycles. The van der Waals surface area contributed by atoms with Gasteiger partial charge in [0.15, 0.2) is 5.78 Å². The van der Waals surface area contributed by atoms with Crippen LogP contribution in [-0.4, -0.2) is 18.2 Å². The van der Waals surface area contributed by atoms with Gasteiger partial charge in [-0.3, -0.25) is 9.59 Å². The number of amides is 1. The van der Waals surface area contributed by atoms with Crippen molar-refractivity contribution in [3.8, 4) is 0 Å². The van der Waals surface area contributed by atoms with Gasteiger partial charge in [-0.2, -0.15) is 0 Å². The Kier molecular flexibility index (Phi) is 4.94. The van der Waals surface area contributed by atoms with Crippen molar-refractivity contribution in [1.29, 1.82) is 0 Å². The summed E-state index contributed by atoms with van der Waals surface area (Å²) in [5, 5.41) is 2.83. The van der Waals surface area contributed by atoms with Crippen molar-refractivity contribution in [2.75, 3.05) is 6.54 Å². The lowest BCUT2D eigenvalue weighted by Crippen LogP contribution is -2.32. The molecule has 108 valence electrons. The first-order valence-electron chi connectivity index (χ1n) is 7.62. The lowest BCUT2D eigenvalue weighted by Gasteiger charge is -2.18. The first-order chi connectivity index (χ1) is 9.67. The van der Waals surface area contributed by atoms with E-state index in [1.165, 1.54) is 0 Å². The average molecular weight is 273 g/mol. The van der Waals surface area contributed by atoms with E-state index >= 15 is 0 Å². The van der Waals surface area contributed by atoms with Gasteiger partial charge in [-0.05, 0) is 30.9 Å². The van der Waals surface area contributed by atoms with E-state index in [0.29, 0.717) is 17.7 Å². The second-order valence-corrected chi connectivity index (χ2v) is 5.49. The molecule has 20 heavy (non-hydrogen) atoms. The molecule has 0 spiro atoms. The second-order valence-electron chi connectivity index (χ2n) is 5.49. The summed E-state index contributed by atoms with van der Waals surface area (Å²) in [6, 6.07) is 5.60. The average Bonchev–Trinajstić information content (AvgIpc) is 2.48. The van der Waals surface area contributed by atoms with Gasteiger partial charge in [0.25, 0.3) is 5.91 Å². The summed E-state index contributed by atoms with van der Waals surface area (Å²) in [4.78, 5) is 24.4. The molecule has 1 amide bonds. The molecule has 3 heteroatoms. The zero-order chi connectivity index (χ0) is 14.5. The third-order valence-corrected chi connectivity index (χ3v) is 4.09. The van der Waals surface area contributed by atoms with E-state index < -0.39 is 0 Å². The lowest BCUT2D eigenvalue weighted by atomic mass is 9.88. The number of ketones is 1. The molecule has 0 saturated heterocycles. The SMILES string of the molecule is CCCCC(CC)C(=O)c1ccc2c(c1)C(=O)NCC2. The number of unbranched alkanes of at least 4 members (excludes halogenated alkanes) is 1. The highest BCUT2D eigenvalue weighted by Crippen LogP contribution is 2.22. The van der Waals surface area contributed by atoms with Crippen molar-refractivity contribution < 1.29 is 9.59 Å².